The number of rotatable bonds is 2. The van der Waals surface area contributed by atoms with Gasteiger partial charge in [0, 0.05) is 6.54 Å². The normalized spacial score (nSPS) is 20.7. The fourth-order valence-electron chi connectivity index (χ4n) is 2.26. The lowest BCUT2D eigenvalue weighted by atomic mass is 9.89. The second kappa shape index (κ2) is 4.66. The molecule has 0 aliphatic carbocycles. The molecular weight excluding hydrogens is 202 g/mol. The van der Waals surface area contributed by atoms with Gasteiger partial charge in [-0.1, -0.05) is 12.1 Å². The van der Waals surface area contributed by atoms with Gasteiger partial charge in [-0.25, -0.2) is 4.79 Å². The average Bonchev–Trinajstić information content (AvgIpc) is 2.30. The molecule has 0 bridgehead atoms. The number of piperidine rings is 1. The first-order chi connectivity index (χ1) is 7.68. The second-order valence-electron chi connectivity index (χ2n) is 4.42. The largest absolute Gasteiger partial charge is 0.478 e. The minimum atomic E-state index is -0.830. The van der Waals surface area contributed by atoms with Crippen molar-refractivity contribution in [1.82, 2.24) is 5.32 Å². The molecule has 3 heteroatoms. The molecule has 1 saturated heterocycles. The van der Waals surface area contributed by atoms with E-state index in [0.29, 0.717) is 11.5 Å². The van der Waals surface area contributed by atoms with Crippen molar-refractivity contribution in [2.45, 2.75) is 25.7 Å². The molecule has 0 spiro atoms. The molecule has 2 N–H and O–H groups in total. The summed E-state index contributed by atoms with van der Waals surface area (Å²) in [4.78, 5) is 11.0. The van der Waals surface area contributed by atoms with E-state index in [2.05, 4.69) is 11.4 Å². The van der Waals surface area contributed by atoms with Crippen molar-refractivity contribution in [1.29, 1.82) is 0 Å². The predicted octanol–water partition coefficient (Wildman–Crippen LogP) is 2.16. The molecule has 3 nitrogen and oxygen atoms in total. The van der Waals surface area contributed by atoms with Gasteiger partial charge in [0.2, 0.25) is 0 Å². The number of carboxylic acids is 1. The number of carbonyl (C=O) groups is 1. The predicted molar refractivity (Wildman–Crippen MR) is 63.0 cm³/mol. The van der Waals surface area contributed by atoms with E-state index in [1.54, 1.807) is 0 Å². The fourth-order valence-corrected chi connectivity index (χ4v) is 2.26. The third kappa shape index (κ3) is 2.25. The minimum Gasteiger partial charge on any atom is -0.478 e. The molecule has 0 amide bonds. The maximum atomic E-state index is 11.0. The lowest BCUT2D eigenvalue weighted by molar-refractivity contribution is 0.0696. The molecule has 1 aliphatic heterocycles. The van der Waals surface area contributed by atoms with E-state index in [4.69, 9.17) is 5.11 Å². The van der Waals surface area contributed by atoms with Gasteiger partial charge in [-0.15, -0.1) is 0 Å². The van der Waals surface area contributed by atoms with Crippen LogP contribution in [0.1, 0.15) is 40.2 Å². The van der Waals surface area contributed by atoms with Gasteiger partial charge in [-0.3, -0.25) is 0 Å². The highest BCUT2D eigenvalue weighted by atomic mass is 16.4. The summed E-state index contributed by atoms with van der Waals surface area (Å²) in [5, 5.41) is 12.4. The SMILES string of the molecule is Cc1ccc(C2CCCNC2)cc1C(=O)O. The van der Waals surface area contributed by atoms with E-state index >= 15 is 0 Å². The molecule has 1 fully saturated rings. The van der Waals surface area contributed by atoms with Crippen LogP contribution in [0.3, 0.4) is 0 Å². The van der Waals surface area contributed by atoms with E-state index in [1.165, 1.54) is 6.42 Å². The zero-order valence-corrected chi connectivity index (χ0v) is 9.49. The quantitative estimate of drug-likeness (QED) is 0.801. The average molecular weight is 219 g/mol. The number of nitrogens with one attached hydrogen (secondary N) is 1. The van der Waals surface area contributed by atoms with Gasteiger partial charge in [0.05, 0.1) is 5.56 Å². The van der Waals surface area contributed by atoms with Crippen LogP contribution in [-0.2, 0) is 0 Å². The van der Waals surface area contributed by atoms with Crippen molar-refractivity contribution in [3.63, 3.8) is 0 Å². The summed E-state index contributed by atoms with van der Waals surface area (Å²) in [7, 11) is 0. The second-order valence-corrected chi connectivity index (χ2v) is 4.42. The molecule has 2 rings (SSSR count). The number of benzene rings is 1. The van der Waals surface area contributed by atoms with Crippen LogP contribution in [0, 0.1) is 6.92 Å². The van der Waals surface area contributed by atoms with Crippen LogP contribution in [0.5, 0.6) is 0 Å². The first kappa shape index (κ1) is 11.1. The van der Waals surface area contributed by atoms with Crippen molar-refractivity contribution in [3.8, 4) is 0 Å². The van der Waals surface area contributed by atoms with Gasteiger partial charge in [0.1, 0.15) is 0 Å². The molecular formula is C13H17NO2. The van der Waals surface area contributed by atoms with Crippen molar-refractivity contribution in [2.75, 3.05) is 13.1 Å². The molecule has 16 heavy (non-hydrogen) atoms. The van der Waals surface area contributed by atoms with Gasteiger partial charge in [-0.2, -0.15) is 0 Å². The van der Waals surface area contributed by atoms with Crippen LogP contribution in [0.15, 0.2) is 18.2 Å². The van der Waals surface area contributed by atoms with E-state index in [9.17, 15) is 4.79 Å². The Morgan fingerprint density at radius 1 is 1.50 bits per heavy atom. The topological polar surface area (TPSA) is 49.3 Å². The Hall–Kier alpha value is -1.35. The number of aryl methyl sites for hydroxylation is 1. The van der Waals surface area contributed by atoms with E-state index in [0.717, 1.165) is 30.6 Å². The Morgan fingerprint density at radius 2 is 2.31 bits per heavy atom. The van der Waals surface area contributed by atoms with Crippen molar-refractivity contribution in [2.24, 2.45) is 0 Å². The summed E-state index contributed by atoms with van der Waals surface area (Å²) in [6.45, 7) is 3.88. The molecule has 1 aromatic rings. The first-order valence-electron chi connectivity index (χ1n) is 5.73. The minimum absolute atomic E-state index is 0.433. The molecule has 1 aliphatic rings. The van der Waals surface area contributed by atoms with Gasteiger partial charge in [0.15, 0.2) is 0 Å². The van der Waals surface area contributed by atoms with Crippen molar-refractivity contribution in [3.05, 3.63) is 34.9 Å². The Kier molecular flexibility index (Phi) is 3.25. The highest BCUT2D eigenvalue weighted by Gasteiger charge is 2.17. The highest BCUT2D eigenvalue weighted by Crippen LogP contribution is 2.25. The van der Waals surface area contributed by atoms with Crippen LogP contribution in [0.4, 0.5) is 0 Å². The van der Waals surface area contributed by atoms with Gasteiger partial charge in [-0.05, 0) is 49.4 Å². The standard InChI is InChI=1S/C13H17NO2/c1-9-4-5-10(7-12(9)13(15)16)11-3-2-6-14-8-11/h4-5,7,11,14H,2-3,6,8H2,1H3,(H,15,16). The lowest BCUT2D eigenvalue weighted by Crippen LogP contribution is -2.28. The molecule has 0 radical (unpaired) electrons. The highest BCUT2D eigenvalue weighted by molar-refractivity contribution is 5.89. The summed E-state index contributed by atoms with van der Waals surface area (Å²) in [5.74, 6) is -0.365. The lowest BCUT2D eigenvalue weighted by Gasteiger charge is -2.23. The molecule has 1 heterocycles. The fraction of sp³-hybridized carbons (Fsp3) is 0.462. The Balaban J connectivity index is 2.27. The number of hydrogen-bond donors (Lipinski definition) is 2. The van der Waals surface area contributed by atoms with Crippen LogP contribution in [-0.4, -0.2) is 24.2 Å². The third-order valence-corrected chi connectivity index (χ3v) is 3.26. The molecule has 1 unspecified atom stereocenters. The summed E-state index contributed by atoms with van der Waals surface area (Å²) < 4.78 is 0. The summed E-state index contributed by atoms with van der Waals surface area (Å²) in [5.41, 5.74) is 2.42. The maximum Gasteiger partial charge on any atom is 0.335 e. The van der Waals surface area contributed by atoms with E-state index in [1.807, 2.05) is 19.1 Å². The Morgan fingerprint density at radius 3 is 2.94 bits per heavy atom. The van der Waals surface area contributed by atoms with Crippen LogP contribution in [0.25, 0.3) is 0 Å². The third-order valence-electron chi connectivity index (χ3n) is 3.26. The van der Waals surface area contributed by atoms with Crippen LogP contribution in [0.2, 0.25) is 0 Å². The summed E-state index contributed by atoms with van der Waals surface area (Å²) in [6, 6.07) is 5.79. The maximum absolute atomic E-state index is 11.0. The zero-order chi connectivity index (χ0) is 11.5. The molecule has 1 aromatic carbocycles. The van der Waals surface area contributed by atoms with Crippen LogP contribution < -0.4 is 5.32 Å². The summed E-state index contributed by atoms with van der Waals surface area (Å²) in [6.07, 6.45) is 2.32. The smallest absolute Gasteiger partial charge is 0.335 e. The molecule has 0 aromatic heterocycles. The first-order valence-corrected chi connectivity index (χ1v) is 5.73. The molecule has 0 saturated carbocycles. The van der Waals surface area contributed by atoms with Gasteiger partial charge < -0.3 is 10.4 Å². The Labute approximate surface area is 95.5 Å². The monoisotopic (exact) mass is 219 g/mol. The summed E-state index contributed by atoms with van der Waals surface area (Å²) >= 11 is 0. The zero-order valence-electron chi connectivity index (χ0n) is 9.49. The van der Waals surface area contributed by atoms with Crippen LogP contribution >= 0.6 is 0 Å². The van der Waals surface area contributed by atoms with Crippen molar-refractivity contribution < 1.29 is 9.90 Å². The number of aromatic carboxylic acids is 1. The van der Waals surface area contributed by atoms with Gasteiger partial charge in [0.25, 0.3) is 0 Å². The Bertz CT molecular complexity index is 395. The molecule has 86 valence electrons. The van der Waals surface area contributed by atoms with E-state index < -0.39 is 5.97 Å². The number of carboxylic acid groups (broad SMARTS) is 1. The number of hydrogen-bond acceptors (Lipinski definition) is 2. The van der Waals surface area contributed by atoms with Gasteiger partial charge >= 0.3 is 5.97 Å². The van der Waals surface area contributed by atoms with Crippen molar-refractivity contribution >= 4 is 5.97 Å². The molecule has 1 atom stereocenters. The van der Waals surface area contributed by atoms with E-state index in [-0.39, 0.29) is 0 Å².